The van der Waals surface area contributed by atoms with Crippen LogP contribution in [0.4, 0.5) is 5.95 Å². The van der Waals surface area contributed by atoms with E-state index in [-0.39, 0.29) is 42.3 Å². The van der Waals surface area contributed by atoms with Gasteiger partial charge in [-0.15, -0.1) is 0 Å². The molecule has 2 aromatic heterocycles. The van der Waals surface area contributed by atoms with Crippen LogP contribution in [0.15, 0.2) is 35.4 Å². The second kappa shape index (κ2) is 12.3. The Labute approximate surface area is 244 Å². The predicted molar refractivity (Wildman–Crippen MR) is 147 cm³/mol. The number of hydrogen-bond donors (Lipinski definition) is 5. The van der Waals surface area contributed by atoms with Crippen LogP contribution in [-0.4, -0.2) is 93.0 Å². The fraction of sp³-hybridized carbons (Fsp3) is 0.417. The van der Waals surface area contributed by atoms with Gasteiger partial charge >= 0.3 is 27.3 Å². The van der Waals surface area contributed by atoms with Gasteiger partial charge in [-0.25, -0.2) is 14.7 Å². The number of aromatic amines is 1. The molecule has 6 atom stereocenters. The molecule has 2 fully saturated rings. The van der Waals surface area contributed by atoms with Crippen LogP contribution in [0.3, 0.4) is 0 Å². The number of amides is 1. The SMILES string of the molecule is [B][P+]1(O)OC[C@H]2O[C@@H](n3cnc4c(=O)[nH]c(N)nc43)[C@@H](OC(=O)CCC(=O)NC(Cc3ccc(O)cc3)C(=O)OC)[C@H]2O1. The van der Waals surface area contributed by atoms with E-state index in [0.717, 1.165) is 0 Å². The molecule has 4 heterocycles. The number of esters is 2. The van der Waals surface area contributed by atoms with Crippen molar-refractivity contribution in [3.05, 3.63) is 46.5 Å². The van der Waals surface area contributed by atoms with Gasteiger partial charge in [-0.05, 0) is 17.7 Å². The number of phenolic OH excluding ortho intramolecular Hbond substituents is 1. The van der Waals surface area contributed by atoms with Gasteiger partial charge in [0.05, 0.1) is 19.9 Å². The molecule has 2 unspecified atom stereocenters. The number of phenols is 1. The van der Waals surface area contributed by atoms with E-state index in [1.165, 1.54) is 30.1 Å². The molecule has 2 aliphatic heterocycles. The van der Waals surface area contributed by atoms with Crippen LogP contribution in [0.25, 0.3) is 11.2 Å². The molecule has 1 amide bonds. The lowest BCUT2D eigenvalue weighted by Crippen LogP contribution is -2.44. The number of carbonyl (C=O) groups is 3. The Kier molecular flexibility index (Phi) is 8.66. The van der Waals surface area contributed by atoms with Crippen molar-refractivity contribution in [3.8, 4) is 5.75 Å². The Hall–Kier alpha value is -4.09. The molecule has 226 valence electrons. The summed E-state index contributed by atoms with van der Waals surface area (Å²) in [6.45, 7) is -0.183. The fourth-order valence-corrected chi connectivity index (χ4v) is 5.76. The van der Waals surface area contributed by atoms with Crippen molar-refractivity contribution in [2.45, 2.75) is 49.8 Å². The molecule has 2 aliphatic rings. The first-order valence-corrected chi connectivity index (χ1v) is 14.5. The number of ether oxygens (including phenoxy) is 3. The lowest BCUT2D eigenvalue weighted by atomic mass is 10.1. The Bertz CT molecular complexity index is 1580. The molecule has 5 rings (SSSR count). The van der Waals surface area contributed by atoms with Gasteiger partial charge in [-0.2, -0.15) is 14.0 Å². The summed E-state index contributed by atoms with van der Waals surface area (Å²) >= 11 is 0. The molecule has 19 heteroatoms. The van der Waals surface area contributed by atoms with Gasteiger partial charge in [0.1, 0.15) is 24.5 Å². The number of nitrogen functional groups attached to an aromatic ring is 1. The largest absolute Gasteiger partial charge is 0.508 e. The fourth-order valence-electron chi connectivity index (χ4n) is 4.73. The van der Waals surface area contributed by atoms with Crippen LogP contribution in [0.5, 0.6) is 5.75 Å². The van der Waals surface area contributed by atoms with Crippen molar-refractivity contribution >= 4 is 50.3 Å². The van der Waals surface area contributed by atoms with Gasteiger partial charge in [0, 0.05) is 12.8 Å². The standard InChI is InChI=1S/C24H27BN6O11P/c1-38-23(36)13(8-11-2-4-12(32)5-3-11)28-15(33)6-7-16(34)41-19-18-14(9-39-43(25,37)42-18)40-22(19)31-10-27-17-20(31)29-24(26)30-21(17)35/h2-5,10,13-14,18-19,22,32,37H,6-9H2,1H3,(H,28,33)(H3,26,29,30,35)/q+1/t13?,14-,18+,19+,22-,43?/m1/s1. The van der Waals surface area contributed by atoms with Crippen LogP contribution < -0.4 is 16.6 Å². The third-order valence-corrected chi connectivity index (χ3v) is 7.79. The van der Waals surface area contributed by atoms with Gasteiger partial charge in [0.25, 0.3) is 5.56 Å². The third kappa shape index (κ3) is 6.78. The van der Waals surface area contributed by atoms with E-state index in [1.807, 2.05) is 0 Å². The summed E-state index contributed by atoms with van der Waals surface area (Å²) in [4.78, 5) is 70.9. The lowest BCUT2D eigenvalue weighted by Gasteiger charge is -2.29. The Morgan fingerprint density at radius 1 is 1.30 bits per heavy atom. The highest BCUT2D eigenvalue weighted by Crippen LogP contribution is 2.59. The van der Waals surface area contributed by atoms with E-state index in [0.29, 0.717) is 5.56 Å². The molecule has 0 bridgehead atoms. The third-order valence-electron chi connectivity index (χ3n) is 6.73. The number of anilines is 1. The second-order valence-corrected chi connectivity index (χ2v) is 11.3. The number of nitrogens with two attached hydrogens (primary N) is 1. The summed E-state index contributed by atoms with van der Waals surface area (Å²) in [7, 11) is 3.12. The highest BCUT2D eigenvalue weighted by atomic mass is 31.2. The maximum atomic E-state index is 13.0. The van der Waals surface area contributed by atoms with Crippen molar-refractivity contribution in [2.24, 2.45) is 0 Å². The average molecular weight is 617 g/mol. The number of methoxy groups -OCH3 is 1. The number of nitrogens with one attached hydrogen (secondary N) is 2. The molecule has 3 aromatic rings. The van der Waals surface area contributed by atoms with Crippen molar-refractivity contribution < 1.29 is 47.6 Å². The van der Waals surface area contributed by atoms with Crippen molar-refractivity contribution in [2.75, 3.05) is 19.5 Å². The molecule has 0 aliphatic carbocycles. The van der Waals surface area contributed by atoms with Crippen molar-refractivity contribution in [1.82, 2.24) is 24.8 Å². The number of hydrogen-bond acceptors (Lipinski definition) is 14. The van der Waals surface area contributed by atoms with Crippen LogP contribution >= 0.6 is 7.82 Å². The minimum absolute atomic E-state index is 0.0338. The van der Waals surface area contributed by atoms with Gasteiger partial charge in [0.15, 0.2) is 29.6 Å². The lowest BCUT2D eigenvalue weighted by molar-refractivity contribution is -0.158. The van der Waals surface area contributed by atoms with Crippen LogP contribution in [-0.2, 0) is 44.1 Å². The van der Waals surface area contributed by atoms with Gasteiger partial charge in [-0.1, -0.05) is 12.1 Å². The van der Waals surface area contributed by atoms with Crippen molar-refractivity contribution in [3.63, 3.8) is 0 Å². The predicted octanol–water partition coefficient (Wildman–Crippen LogP) is -0.849. The normalized spacial score (nSPS) is 25.5. The van der Waals surface area contributed by atoms with E-state index < -0.39 is 68.2 Å². The van der Waals surface area contributed by atoms with Crippen molar-refractivity contribution in [1.29, 1.82) is 0 Å². The number of fused-ring (bicyclic) bond motifs is 2. The molecule has 0 spiro atoms. The Morgan fingerprint density at radius 2 is 2.05 bits per heavy atom. The first-order chi connectivity index (χ1) is 20.4. The maximum absolute atomic E-state index is 13.0. The van der Waals surface area contributed by atoms with Crippen LogP contribution in [0.1, 0.15) is 24.6 Å². The highest BCUT2D eigenvalue weighted by Gasteiger charge is 2.59. The second-order valence-electron chi connectivity index (χ2n) is 9.74. The monoisotopic (exact) mass is 617 g/mol. The van der Waals surface area contributed by atoms with Crippen LogP contribution in [0, 0.1) is 0 Å². The highest BCUT2D eigenvalue weighted by molar-refractivity contribution is 7.85. The average Bonchev–Trinajstić information content (AvgIpc) is 3.52. The molecule has 1 aromatic carbocycles. The molecule has 2 radical (unpaired) electrons. The zero-order valence-electron chi connectivity index (χ0n) is 22.6. The minimum Gasteiger partial charge on any atom is -0.508 e. The van der Waals surface area contributed by atoms with E-state index in [9.17, 15) is 29.2 Å². The van der Waals surface area contributed by atoms with Gasteiger partial charge in [0.2, 0.25) is 11.9 Å². The first-order valence-electron chi connectivity index (χ1n) is 12.9. The van der Waals surface area contributed by atoms with E-state index >= 15 is 0 Å². The summed E-state index contributed by atoms with van der Waals surface area (Å²) < 4.78 is 28.4. The zero-order chi connectivity index (χ0) is 30.9. The topological polar surface area (TPSA) is 239 Å². The summed E-state index contributed by atoms with van der Waals surface area (Å²) in [5.41, 5.74) is 5.73. The summed E-state index contributed by atoms with van der Waals surface area (Å²) in [5.74, 6) is -2.32. The first kappa shape index (κ1) is 30.4. The quantitative estimate of drug-likeness (QED) is 0.112. The number of aromatic nitrogens is 4. The summed E-state index contributed by atoms with van der Waals surface area (Å²) in [5, 5.41) is 12.0. The molecule has 0 saturated carbocycles. The molecule has 17 nitrogen and oxygen atoms in total. The number of imidazole rings is 1. The molecule has 6 N–H and O–H groups in total. The molecular formula is C24H27BN6O11P+. The maximum Gasteiger partial charge on any atom is 0.488 e. The van der Waals surface area contributed by atoms with Gasteiger partial charge in [-0.3, -0.25) is 23.9 Å². The summed E-state index contributed by atoms with van der Waals surface area (Å²) in [6.07, 6.45) is -3.75. The number of nitrogens with zero attached hydrogens (tertiary/aromatic N) is 3. The number of rotatable bonds is 9. The minimum atomic E-state index is -3.75. The Balaban J connectivity index is 1.28. The number of H-pyrrole nitrogens is 1. The van der Waals surface area contributed by atoms with E-state index in [2.05, 4.69) is 20.3 Å². The van der Waals surface area contributed by atoms with E-state index in [1.54, 1.807) is 12.1 Å². The zero-order valence-corrected chi connectivity index (χ0v) is 23.5. The molecule has 43 heavy (non-hydrogen) atoms. The van der Waals surface area contributed by atoms with Gasteiger partial charge < -0.3 is 30.4 Å². The number of benzene rings is 1. The Morgan fingerprint density at radius 3 is 2.77 bits per heavy atom. The van der Waals surface area contributed by atoms with E-state index in [4.69, 9.17) is 36.6 Å². The number of carbonyl (C=O) groups excluding carboxylic acids is 3. The summed E-state index contributed by atoms with van der Waals surface area (Å²) in [6, 6.07) is 5.02. The molecular weight excluding hydrogens is 590 g/mol. The van der Waals surface area contributed by atoms with Crippen LogP contribution in [0.2, 0.25) is 0 Å². The molecule has 2 saturated heterocycles. The number of aromatic hydroxyl groups is 1. The smallest absolute Gasteiger partial charge is 0.488 e.